The molecule has 1 aliphatic rings. The van der Waals surface area contributed by atoms with Crippen molar-refractivity contribution in [3.05, 3.63) is 99.2 Å². The fourth-order valence-electron chi connectivity index (χ4n) is 3.89. The molecule has 0 saturated carbocycles. The van der Waals surface area contributed by atoms with Gasteiger partial charge < -0.3 is 9.64 Å². The number of amides is 2. The van der Waals surface area contributed by atoms with Crippen LogP contribution in [0.15, 0.2) is 71.6 Å². The van der Waals surface area contributed by atoms with E-state index in [-0.39, 0.29) is 11.6 Å². The van der Waals surface area contributed by atoms with Crippen molar-refractivity contribution in [3.8, 4) is 5.75 Å². The van der Waals surface area contributed by atoms with E-state index in [2.05, 4.69) is 18.7 Å². The van der Waals surface area contributed by atoms with Crippen LogP contribution in [0.1, 0.15) is 30.5 Å². The third kappa shape index (κ3) is 5.91. The maximum Gasteiger partial charge on any atom is 0.293 e. The lowest BCUT2D eigenvalue weighted by atomic mass is 10.1. The number of ether oxygens (including phenoxy) is 1. The summed E-state index contributed by atoms with van der Waals surface area (Å²) in [6, 6.07) is 19.6. The molecule has 0 unspecified atom stereocenters. The monoisotopic (exact) mass is 524 g/mol. The topological polar surface area (TPSA) is 49.9 Å². The van der Waals surface area contributed by atoms with Gasteiger partial charge >= 0.3 is 0 Å². The number of imide groups is 1. The average molecular weight is 525 g/mol. The highest BCUT2D eigenvalue weighted by Crippen LogP contribution is 2.37. The SMILES string of the molecule is CCN(CC)c1ccc(/C=C2/SC(=O)N(Cc3ccc(F)cc3Cl)C2=O)c(OCc2ccccc2)c1. The molecule has 0 aromatic heterocycles. The van der Waals surface area contributed by atoms with E-state index >= 15 is 0 Å². The first-order valence-electron chi connectivity index (χ1n) is 11.6. The molecule has 1 aliphatic heterocycles. The first kappa shape index (κ1) is 25.8. The van der Waals surface area contributed by atoms with Crippen LogP contribution in [0.3, 0.4) is 0 Å². The molecule has 1 fully saturated rings. The minimum Gasteiger partial charge on any atom is -0.488 e. The first-order valence-corrected chi connectivity index (χ1v) is 12.8. The Morgan fingerprint density at radius 2 is 1.78 bits per heavy atom. The lowest BCUT2D eigenvalue weighted by molar-refractivity contribution is -0.123. The summed E-state index contributed by atoms with van der Waals surface area (Å²) >= 11 is 6.97. The highest BCUT2D eigenvalue weighted by molar-refractivity contribution is 8.18. The van der Waals surface area contributed by atoms with Crippen molar-refractivity contribution in [2.24, 2.45) is 0 Å². The number of benzene rings is 3. The van der Waals surface area contributed by atoms with Gasteiger partial charge in [-0.15, -0.1) is 0 Å². The van der Waals surface area contributed by atoms with Gasteiger partial charge in [0.15, 0.2) is 0 Å². The van der Waals surface area contributed by atoms with Gasteiger partial charge in [0.25, 0.3) is 11.1 Å². The number of hydrogen-bond donors (Lipinski definition) is 0. The molecule has 1 heterocycles. The van der Waals surface area contributed by atoms with Crippen LogP contribution >= 0.6 is 23.4 Å². The summed E-state index contributed by atoms with van der Waals surface area (Å²) in [6.07, 6.45) is 1.68. The molecule has 0 aliphatic carbocycles. The lowest BCUT2D eigenvalue weighted by Gasteiger charge is -2.22. The number of nitrogens with zero attached hydrogens (tertiary/aromatic N) is 2. The van der Waals surface area contributed by atoms with Crippen molar-refractivity contribution in [2.45, 2.75) is 27.0 Å². The second-order valence-electron chi connectivity index (χ2n) is 8.17. The van der Waals surface area contributed by atoms with Crippen LogP contribution in [-0.2, 0) is 17.9 Å². The molecule has 0 N–H and O–H groups in total. The molecule has 3 aromatic rings. The second-order valence-corrected chi connectivity index (χ2v) is 9.57. The molecule has 186 valence electrons. The fraction of sp³-hybridized carbons (Fsp3) is 0.214. The Morgan fingerprint density at radius 3 is 2.47 bits per heavy atom. The number of carbonyl (C=O) groups is 2. The average Bonchev–Trinajstić information content (AvgIpc) is 3.14. The van der Waals surface area contributed by atoms with E-state index in [1.54, 1.807) is 6.08 Å². The van der Waals surface area contributed by atoms with E-state index in [4.69, 9.17) is 16.3 Å². The van der Waals surface area contributed by atoms with Gasteiger partial charge in [-0.3, -0.25) is 14.5 Å². The van der Waals surface area contributed by atoms with Crippen LogP contribution in [-0.4, -0.2) is 29.1 Å². The predicted molar refractivity (Wildman–Crippen MR) is 144 cm³/mol. The van der Waals surface area contributed by atoms with Gasteiger partial charge in [-0.25, -0.2) is 4.39 Å². The number of carbonyl (C=O) groups excluding carboxylic acids is 2. The maximum atomic E-state index is 13.4. The summed E-state index contributed by atoms with van der Waals surface area (Å²) in [4.78, 5) is 29.4. The Hall–Kier alpha value is -3.29. The summed E-state index contributed by atoms with van der Waals surface area (Å²) < 4.78 is 19.6. The Labute approximate surface area is 219 Å². The number of halogens is 2. The van der Waals surface area contributed by atoms with E-state index in [9.17, 15) is 14.0 Å². The van der Waals surface area contributed by atoms with E-state index < -0.39 is 17.0 Å². The van der Waals surface area contributed by atoms with Crippen LogP contribution in [0.2, 0.25) is 5.02 Å². The molecule has 0 radical (unpaired) electrons. The Morgan fingerprint density at radius 1 is 1.03 bits per heavy atom. The summed E-state index contributed by atoms with van der Waals surface area (Å²) in [5.41, 5.74) is 3.23. The van der Waals surface area contributed by atoms with E-state index in [0.717, 1.165) is 41.0 Å². The summed E-state index contributed by atoms with van der Waals surface area (Å²) in [5, 5.41) is -0.236. The minimum atomic E-state index is -0.478. The zero-order valence-electron chi connectivity index (χ0n) is 20.0. The van der Waals surface area contributed by atoms with Crippen LogP contribution in [0.4, 0.5) is 14.9 Å². The van der Waals surface area contributed by atoms with Gasteiger partial charge in [0.2, 0.25) is 0 Å². The number of thioether (sulfide) groups is 1. The zero-order chi connectivity index (χ0) is 25.7. The highest BCUT2D eigenvalue weighted by atomic mass is 35.5. The van der Waals surface area contributed by atoms with Crippen molar-refractivity contribution in [2.75, 3.05) is 18.0 Å². The van der Waals surface area contributed by atoms with Crippen LogP contribution in [0.25, 0.3) is 6.08 Å². The fourth-order valence-corrected chi connectivity index (χ4v) is 4.94. The second kappa shape index (κ2) is 11.6. The van der Waals surface area contributed by atoms with Gasteiger partial charge in [0, 0.05) is 35.4 Å². The molecule has 4 rings (SSSR count). The van der Waals surface area contributed by atoms with Crippen molar-refractivity contribution in [1.82, 2.24) is 4.90 Å². The zero-order valence-corrected chi connectivity index (χ0v) is 21.6. The molecule has 5 nitrogen and oxygen atoms in total. The summed E-state index contributed by atoms with van der Waals surface area (Å²) in [6.45, 7) is 6.21. The maximum absolute atomic E-state index is 13.4. The van der Waals surface area contributed by atoms with Gasteiger partial charge in [-0.2, -0.15) is 0 Å². The number of rotatable bonds is 9. The minimum absolute atomic E-state index is 0.0284. The molecule has 1 saturated heterocycles. The standard InChI is InChI=1S/C28H26ClFN2O3S/c1-3-31(4-2)23-13-11-20(25(16-23)35-18-19-8-6-5-7-9-19)14-26-27(33)32(28(34)36-26)17-21-10-12-22(30)15-24(21)29/h5-16H,3-4,17-18H2,1-2H3/b26-14+. The van der Waals surface area contributed by atoms with E-state index in [1.165, 1.54) is 18.2 Å². The van der Waals surface area contributed by atoms with Crippen molar-refractivity contribution >= 4 is 46.3 Å². The van der Waals surface area contributed by atoms with Gasteiger partial charge in [0.05, 0.1) is 11.4 Å². The molecule has 2 amide bonds. The molecule has 36 heavy (non-hydrogen) atoms. The predicted octanol–water partition coefficient (Wildman–Crippen LogP) is 7.14. The smallest absolute Gasteiger partial charge is 0.293 e. The Balaban J connectivity index is 1.61. The molecule has 0 atom stereocenters. The van der Waals surface area contributed by atoms with E-state index in [0.29, 0.717) is 28.4 Å². The van der Waals surface area contributed by atoms with Crippen molar-refractivity contribution in [3.63, 3.8) is 0 Å². The molecular weight excluding hydrogens is 499 g/mol. The third-order valence-electron chi connectivity index (χ3n) is 5.87. The molecule has 0 bridgehead atoms. The first-order chi connectivity index (χ1) is 17.4. The van der Waals surface area contributed by atoms with E-state index in [1.807, 2.05) is 48.5 Å². The highest BCUT2D eigenvalue weighted by Gasteiger charge is 2.35. The van der Waals surface area contributed by atoms with Gasteiger partial charge in [-0.05, 0) is 67.1 Å². The van der Waals surface area contributed by atoms with Gasteiger partial charge in [0.1, 0.15) is 18.2 Å². The van der Waals surface area contributed by atoms with Crippen LogP contribution in [0.5, 0.6) is 5.75 Å². The number of anilines is 1. The Bertz CT molecular complexity index is 1300. The number of hydrogen-bond acceptors (Lipinski definition) is 5. The Kier molecular flexibility index (Phi) is 8.33. The normalized spacial score (nSPS) is 14.6. The molecule has 0 spiro atoms. The van der Waals surface area contributed by atoms with Crippen LogP contribution in [0, 0.1) is 5.82 Å². The van der Waals surface area contributed by atoms with Crippen LogP contribution < -0.4 is 9.64 Å². The summed E-state index contributed by atoms with van der Waals surface area (Å²) in [5.74, 6) is -0.280. The van der Waals surface area contributed by atoms with Gasteiger partial charge in [-0.1, -0.05) is 48.0 Å². The lowest BCUT2D eigenvalue weighted by Crippen LogP contribution is -2.27. The van der Waals surface area contributed by atoms with Crippen molar-refractivity contribution in [1.29, 1.82) is 0 Å². The molecule has 3 aromatic carbocycles. The third-order valence-corrected chi connectivity index (χ3v) is 7.13. The molecule has 8 heteroatoms. The molecular formula is C28H26ClFN2O3S. The quantitative estimate of drug-likeness (QED) is 0.278. The van der Waals surface area contributed by atoms with Crippen molar-refractivity contribution < 1.29 is 18.7 Å². The largest absolute Gasteiger partial charge is 0.488 e. The summed E-state index contributed by atoms with van der Waals surface area (Å²) in [7, 11) is 0.